The van der Waals surface area contributed by atoms with Crippen LogP contribution in [0.1, 0.15) is 42.9 Å². The first kappa shape index (κ1) is 29.1. The second kappa shape index (κ2) is 11.9. The second-order valence-electron chi connectivity index (χ2n) is 6.74. The third-order valence-corrected chi connectivity index (χ3v) is 8.11. The van der Waals surface area contributed by atoms with Crippen LogP contribution in [0.5, 0.6) is 0 Å². The Morgan fingerprint density at radius 3 is 1.96 bits per heavy atom. The van der Waals surface area contributed by atoms with Crippen LogP contribution in [0.15, 0.2) is 36.4 Å². The van der Waals surface area contributed by atoms with Crippen LogP contribution in [0, 0.1) is 13.8 Å². The standard InChI is InChI=1S/C19H27Si.3ClH.Ti/c1-7-16(4)17-8-9-18(13-17)20(5,6)19-11-14(2)10-15(3)12-19;;;;/h8-13,16H,7H2,1-6H3;3*1H;/q-1;;;;+4/p-3. The topological polar surface area (TPSA) is 0 Å². The molecule has 1 unspecified atom stereocenters. The van der Waals surface area contributed by atoms with Crippen molar-refractivity contribution in [1.29, 1.82) is 0 Å². The van der Waals surface area contributed by atoms with Gasteiger partial charge in [0.25, 0.3) is 0 Å². The summed E-state index contributed by atoms with van der Waals surface area (Å²) in [5.41, 5.74) is 4.27. The van der Waals surface area contributed by atoms with Gasteiger partial charge in [-0.25, -0.2) is 6.07 Å². The van der Waals surface area contributed by atoms with Gasteiger partial charge in [-0.1, -0.05) is 73.8 Å². The van der Waals surface area contributed by atoms with Crippen molar-refractivity contribution in [2.24, 2.45) is 0 Å². The molecule has 0 aromatic heterocycles. The summed E-state index contributed by atoms with van der Waals surface area (Å²) < 4.78 is 0. The fourth-order valence-electron chi connectivity index (χ4n) is 2.89. The summed E-state index contributed by atoms with van der Waals surface area (Å²) in [5.74, 6) is 0.674. The summed E-state index contributed by atoms with van der Waals surface area (Å²) in [6.45, 7) is 13.9. The fourth-order valence-corrected chi connectivity index (χ4v) is 5.43. The molecule has 0 N–H and O–H groups in total. The van der Waals surface area contributed by atoms with Crippen molar-refractivity contribution in [2.75, 3.05) is 0 Å². The number of aryl methyl sites for hydroxylation is 2. The van der Waals surface area contributed by atoms with Crippen molar-refractivity contribution in [1.82, 2.24) is 0 Å². The summed E-state index contributed by atoms with van der Waals surface area (Å²) in [6.07, 6.45) is 1.22. The van der Waals surface area contributed by atoms with Gasteiger partial charge in [-0.15, -0.1) is 0 Å². The van der Waals surface area contributed by atoms with Crippen molar-refractivity contribution in [3.63, 3.8) is 0 Å². The van der Waals surface area contributed by atoms with Gasteiger partial charge in [0.2, 0.25) is 0 Å². The van der Waals surface area contributed by atoms with Gasteiger partial charge in [0.05, 0.1) is 8.07 Å². The average Bonchev–Trinajstić information content (AvgIpc) is 2.86. The molecule has 2 aromatic carbocycles. The first-order valence-electron chi connectivity index (χ1n) is 7.70. The van der Waals surface area contributed by atoms with Gasteiger partial charge in [0, 0.05) is 0 Å². The van der Waals surface area contributed by atoms with Gasteiger partial charge in [0.15, 0.2) is 0 Å². The van der Waals surface area contributed by atoms with E-state index in [0.29, 0.717) is 5.92 Å². The van der Waals surface area contributed by atoms with E-state index in [1.807, 2.05) is 0 Å². The Morgan fingerprint density at radius 2 is 1.50 bits per heavy atom. The zero-order chi connectivity index (χ0) is 14.9. The molecule has 0 nitrogen and oxygen atoms in total. The predicted octanol–water partition coefficient (Wildman–Crippen LogP) is -4.63. The average molecular weight is 438 g/mol. The molecule has 5 heteroatoms. The smallest absolute Gasteiger partial charge is 1.00 e. The minimum absolute atomic E-state index is 0. The van der Waals surface area contributed by atoms with E-state index in [0.717, 1.165) is 0 Å². The molecule has 0 fully saturated rings. The molecule has 0 aliphatic carbocycles. The monoisotopic (exact) mass is 436 g/mol. The van der Waals surface area contributed by atoms with Crippen LogP contribution >= 0.6 is 0 Å². The van der Waals surface area contributed by atoms with Gasteiger partial charge in [0.1, 0.15) is 0 Å². The maximum atomic E-state index is 2.47. The van der Waals surface area contributed by atoms with Crippen molar-refractivity contribution >= 4 is 18.4 Å². The first-order chi connectivity index (χ1) is 9.34. The Labute approximate surface area is 182 Å². The maximum absolute atomic E-state index is 2.47. The van der Waals surface area contributed by atoms with E-state index in [1.54, 1.807) is 10.4 Å². The molecule has 0 radical (unpaired) electrons. The maximum Gasteiger partial charge on any atom is 4.00 e. The van der Waals surface area contributed by atoms with Gasteiger partial charge < -0.3 is 37.2 Å². The number of hydrogen-bond donors (Lipinski definition) is 0. The van der Waals surface area contributed by atoms with E-state index in [1.165, 1.54) is 23.1 Å². The van der Waals surface area contributed by atoms with Crippen molar-refractivity contribution in [3.05, 3.63) is 53.1 Å². The van der Waals surface area contributed by atoms with Crippen LogP contribution in [0.3, 0.4) is 0 Å². The van der Waals surface area contributed by atoms with E-state index >= 15 is 0 Å². The number of rotatable bonds is 4. The van der Waals surface area contributed by atoms with Crippen LogP contribution in [-0.4, -0.2) is 8.07 Å². The first-order valence-corrected chi connectivity index (χ1v) is 10.7. The quantitative estimate of drug-likeness (QED) is 0.334. The Hall–Kier alpha value is 0.371. The molecule has 0 aliphatic rings. The molecule has 0 saturated carbocycles. The van der Waals surface area contributed by atoms with E-state index in [9.17, 15) is 0 Å². The molecule has 0 bridgehead atoms. The summed E-state index contributed by atoms with van der Waals surface area (Å²) in [7, 11) is -1.56. The molecule has 2 aromatic rings. The van der Waals surface area contributed by atoms with Gasteiger partial charge in [-0.05, 0) is 13.8 Å². The SMILES string of the molecule is CCC(C)c1cc[c-]([Si](C)(C)c2cc(C)cc(C)c2)c1.[Cl-].[Cl-].[Cl-].[Ti+4]. The van der Waals surface area contributed by atoms with E-state index in [-0.39, 0.29) is 58.9 Å². The van der Waals surface area contributed by atoms with E-state index < -0.39 is 8.07 Å². The zero-order valence-corrected chi connectivity index (χ0v) is 20.2. The van der Waals surface area contributed by atoms with Crippen LogP contribution in [0.2, 0.25) is 13.1 Å². The summed E-state index contributed by atoms with van der Waals surface area (Å²) in [6, 6.07) is 14.2. The Bertz CT molecular complexity index is 588. The van der Waals surface area contributed by atoms with E-state index in [2.05, 4.69) is 77.2 Å². The third-order valence-electron chi connectivity index (χ3n) is 4.62. The number of benzene rings is 1. The van der Waals surface area contributed by atoms with Crippen LogP contribution in [0.4, 0.5) is 0 Å². The summed E-state index contributed by atoms with van der Waals surface area (Å²) >= 11 is 0. The Morgan fingerprint density at radius 1 is 1.00 bits per heavy atom. The molecule has 0 aliphatic heterocycles. The van der Waals surface area contributed by atoms with Gasteiger partial charge in [-0.3, -0.25) is 0 Å². The van der Waals surface area contributed by atoms with Crippen molar-refractivity contribution in [3.8, 4) is 0 Å². The Kier molecular flexibility index (Phi) is 14.4. The molecule has 0 amide bonds. The normalized spacial score (nSPS) is 11.2. The van der Waals surface area contributed by atoms with Crippen LogP contribution < -0.4 is 47.6 Å². The summed E-state index contributed by atoms with van der Waals surface area (Å²) in [5, 5.41) is 3.12. The molecular weight excluding hydrogens is 411 g/mol. The molecular formula is C19H27Cl3SiTi. The molecule has 24 heavy (non-hydrogen) atoms. The second-order valence-corrected chi connectivity index (χ2v) is 11.1. The molecule has 2 rings (SSSR count). The largest absolute Gasteiger partial charge is 4.00 e. The molecule has 132 valence electrons. The van der Waals surface area contributed by atoms with Crippen LogP contribution in [0.25, 0.3) is 0 Å². The minimum Gasteiger partial charge on any atom is -1.00 e. The predicted molar refractivity (Wildman–Crippen MR) is 93.4 cm³/mol. The molecule has 0 saturated heterocycles. The molecule has 0 spiro atoms. The van der Waals surface area contributed by atoms with Crippen molar-refractivity contribution in [2.45, 2.75) is 53.1 Å². The zero-order valence-electron chi connectivity index (χ0n) is 15.4. The van der Waals surface area contributed by atoms with Gasteiger partial charge in [-0.2, -0.15) is 22.9 Å². The number of halogens is 3. The van der Waals surface area contributed by atoms with Crippen LogP contribution in [-0.2, 0) is 21.7 Å². The minimum atomic E-state index is -1.56. The number of hydrogen-bond acceptors (Lipinski definition) is 0. The van der Waals surface area contributed by atoms with Crippen molar-refractivity contribution < 1.29 is 58.9 Å². The third kappa shape index (κ3) is 6.59. The van der Waals surface area contributed by atoms with Gasteiger partial charge >= 0.3 is 21.7 Å². The van der Waals surface area contributed by atoms with E-state index in [4.69, 9.17) is 0 Å². The molecule has 1 atom stereocenters. The summed E-state index contributed by atoms with van der Waals surface area (Å²) in [4.78, 5) is 0. The fraction of sp³-hybridized carbons (Fsp3) is 0.421. The molecule has 0 heterocycles. The Balaban J connectivity index is -0.00000110.